The maximum Gasteiger partial charge on any atom is 0.407 e. The zero-order chi connectivity index (χ0) is 22.4. The molecule has 3 rings (SSSR count). The number of hydrogen-bond acceptors (Lipinski definition) is 4. The molecule has 0 heterocycles. The van der Waals surface area contributed by atoms with Gasteiger partial charge in [0, 0.05) is 18.9 Å². The largest absolute Gasteiger partial charge is 0.481 e. The van der Waals surface area contributed by atoms with Crippen LogP contribution in [0.3, 0.4) is 0 Å². The zero-order valence-electron chi connectivity index (χ0n) is 17.8. The van der Waals surface area contributed by atoms with Crippen molar-refractivity contribution >= 4 is 18.0 Å². The number of carbonyl (C=O) groups is 3. The summed E-state index contributed by atoms with van der Waals surface area (Å²) in [6.45, 7) is 3.86. The minimum absolute atomic E-state index is 0.00896. The molecule has 31 heavy (non-hydrogen) atoms. The first-order valence-electron chi connectivity index (χ1n) is 10.5. The molecule has 7 heteroatoms. The zero-order valence-corrected chi connectivity index (χ0v) is 17.8. The second kappa shape index (κ2) is 10.1. The van der Waals surface area contributed by atoms with E-state index >= 15 is 0 Å². The smallest absolute Gasteiger partial charge is 0.407 e. The van der Waals surface area contributed by atoms with Crippen LogP contribution in [0.5, 0.6) is 0 Å². The number of ether oxygens (including phenoxy) is 1. The van der Waals surface area contributed by atoms with Gasteiger partial charge < -0.3 is 20.5 Å². The van der Waals surface area contributed by atoms with Crippen LogP contribution in [0.15, 0.2) is 48.5 Å². The molecular formula is C24H28N2O5. The van der Waals surface area contributed by atoms with E-state index in [2.05, 4.69) is 22.8 Å². The Morgan fingerprint density at radius 1 is 1.03 bits per heavy atom. The van der Waals surface area contributed by atoms with Crippen molar-refractivity contribution in [3.63, 3.8) is 0 Å². The molecule has 2 amide bonds. The van der Waals surface area contributed by atoms with Crippen LogP contribution in [0.1, 0.15) is 43.7 Å². The number of alkyl carbamates (subject to hydrolysis) is 1. The highest BCUT2D eigenvalue weighted by Gasteiger charge is 2.29. The summed E-state index contributed by atoms with van der Waals surface area (Å²) in [6, 6.07) is 15.3. The number of carboxylic acid groups (broad SMARTS) is 1. The van der Waals surface area contributed by atoms with Crippen molar-refractivity contribution in [1.82, 2.24) is 10.6 Å². The fourth-order valence-corrected chi connectivity index (χ4v) is 3.89. The lowest BCUT2D eigenvalue weighted by molar-refractivity contribution is -0.138. The summed E-state index contributed by atoms with van der Waals surface area (Å²) in [5.41, 5.74) is 4.52. The van der Waals surface area contributed by atoms with E-state index in [-0.39, 0.29) is 37.3 Å². The van der Waals surface area contributed by atoms with Gasteiger partial charge in [-0.15, -0.1) is 0 Å². The van der Waals surface area contributed by atoms with Crippen molar-refractivity contribution in [3.8, 4) is 11.1 Å². The van der Waals surface area contributed by atoms with Crippen LogP contribution in [0, 0.1) is 5.92 Å². The number of hydrogen-bond donors (Lipinski definition) is 3. The van der Waals surface area contributed by atoms with Gasteiger partial charge in [-0.25, -0.2) is 4.79 Å². The van der Waals surface area contributed by atoms with Crippen molar-refractivity contribution in [2.75, 3.05) is 13.2 Å². The highest BCUT2D eigenvalue weighted by Crippen LogP contribution is 2.44. The number of aliphatic carboxylic acids is 1. The Labute approximate surface area is 181 Å². The Morgan fingerprint density at radius 2 is 1.61 bits per heavy atom. The van der Waals surface area contributed by atoms with Crippen molar-refractivity contribution in [3.05, 3.63) is 59.7 Å². The standard InChI is InChI=1S/C24H28N2O5/c1-3-16(12-22(27)28)13-25-23(29)15(2)26-24(30)31-14-21-19-10-6-4-8-17(19)18-9-5-7-11-20(18)21/h4-11,15-16,21H,3,12-14H2,1-2H3,(H,25,29)(H,26,30)(H,27,28). The minimum Gasteiger partial charge on any atom is -0.481 e. The Bertz CT molecular complexity index is 913. The molecule has 0 spiro atoms. The van der Waals surface area contributed by atoms with E-state index in [1.54, 1.807) is 6.92 Å². The SMILES string of the molecule is CCC(CNC(=O)C(C)NC(=O)OCC1c2ccccc2-c2ccccc21)CC(=O)O. The highest BCUT2D eigenvalue weighted by molar-refractivity contribution is 5.85. The van der Waals surface area contributed by atoms with E-state index in [0.717, 1.165) is 22.3 Å². The molecule has 0 saturated heterocycles. The van der Waals surface area contributed by atoms with E-state index in [9.17, 15) is 14.4 Å². The Balaban J connectivity index is 1.52. The predicted molar refractivity (Wildman–Crippen MR) is 117 cm³/mol. The number of rotatable bonds is 9. The predicted octanol–water partition coefficient (Wildman–Crippen LogP) is 3.53. The van der Waals surface area contributed by atoms with Crippen molar-refractivity contribution in [1.29, 1.82) is 0 Å². The van der Waals surface area contributed by atoms with E-state index in [1.165, 1.54) is 0 Å². The maximum atomic E-state index is 12.3. The molecule has 0 aliphatic heterocycles. The molecular weight excluding hydrogens is 396 g/mol. The van der Waals surface area contributed by atoms with Gasteiger partial charge in [0.05, 0.1) is 0 Å². The molecule has 0 radical (unpaired) electrons. The summed E-state index contributed by atoms with van der Waals surface area (Å²) in [5.74, 6) is -1.48. The molecule has 164 valence electrons. The number of nitrogens with one attached hydrogen (secondary N) is 2. The van der Waals surface area contributed by atoms with Crippen LogP contribution in [0.25, 0.3) is 11.1 Å². The number of carbonyl (C=O) groups excluding carboxylic acids is 2. The van der Waals surface area contributed by atoms with E-state index in [4.69, 9.17) is 9.84 Å². The Kier molecular flexibility index (Phi) is 7.28. The summed E-state index contributed by atoms with van der Waals surface area (Å²) in [4.78, 5) is 35.4. The molecule has 0 aromatic heterocycles. The van der Waals surface area contributed by atoms with Crippen LogP contribution >= 0.6 is 0 Å². The van der Waals surface area contributed by atoms with Crippen LogP contribution in [-0.4, -0.2) is 42.3 Å². The molecule has 2 aromatic carbocycles. The molecule has 3 N–H and O–H groups in total. The Morgan fingerprint density at radius 3 is 2.16 bits per heavy atom. The highest BCUT2D eigenvalue weighted by atomic mass is 16.5. The number of fused-ring (bicyclic) bond motifs is 3. The van der Waals surface area contributed by atoms with Crippen LogP contribution in [0.4, 0.5) is 4.79 Å². The topological polar surface area (TPSA) is 105 Å². The average molecular weight is 424 g/mol. The fourth-order valence-electron chi connectivity index (χ4n) is 3.89. The van der Waals surface area contributed by atoms with E-state index < -0.39 is 18.1 Å². The molecule has 2 aromatic rings. The molecule has 1 aliphatic rings. The lowest BCUT2D eigenvalue weighted by Crippen LogP contribution is -2.46. The number of benzene rings is 2. The van der Waals surface area contributed by atoms with Gasteiger partial charge in [0.2, 0.25) is 5.91 Å². The van der Waals surface area contributed by atoms with Gasteiger partial charge >= 0.3 is 12.1 Å². The van der Waals surface area contributed by atoms with E-state index in [0.29, 0.717) is 6.42 Å². The third-order valence-electron chi connectivity index (χ3n) is 5.68. The first-order valence-corrected chi connectivity index (χ1v) is 10.5. The van der Waals surface area contributed by atoms with Gasteiger partial charge in [-0.3, -0.25) is 9.59 Å². The van der Waals surface area contributed by atoms with Crippen LogP contribution < -0.4 is 10.6 Å². The van der Waals surface area contributed by atoms with Gasteiger partial charge in [0.15, 0.2) is 0 Å². The van der Waals surface area contributed by atoms with Gasteiger partial charge in [-0.1, -0.05) is 61.9 Å². The van der Waals surface area contributed by atoms with E-state index in [1.807, 2.05) is 43.3 Å². The quantitative estimate of drug-likeness (QED) is 0.571. The van der Waals surface area contributed by atoms with Gasteiger partial charge in [0.1, 0.15) is 12.6 Å². The monoisotopic (exact) mass is 424 g/mol. The summed E-state index contributed by atoms with van der Waals surface area (Å²) < 4.78 is 5.45. The second-order valence-corrected chi connectivity index (χ2v) is 7.81. The lowest BCUT2D eigenvalue weighted by atomic mass is 9.98. The fraction of sp³-hybridized carbons (Fsp3) is 0.375. The number of carboxylic acids is 1. The minimum atomic E-state index is -0.897. The maximum absolute atomic E-state index is 12.3. The molecule has 0 saturated carbocycles. The lowest BCUT2D eigenvalue weighted by Gasteiger charge is -2.18. The molecule has 2 atom stereocenters. The van der Waals surface area contributed by atoms with Gasteiger partial charge in [-0.05, 0) is 35.1 Å². The Hall–Kier alpha value is -3.35. The third-order valence-corrected chi connectivity index (χ3v) is 5.68. The summed E-state index contributed by atoms with van der Waals surface area (Å²) in [7, 11) is 0. The second-order valence-electron chi connectivity index (χ2n) is 7.81. The molecule has 0 fully saturated rings. The van der Waals surface area contributed by atoms with Crippen LogP contribution in [0.2, 0.25) is 0 Å². The molecule has 1 aliphatic carbocycles. The molecule has 0 bridgehead atoms. The van der Waals surface area contributed by atoms with Crippen molar-refractivity contribution < 1.29 is 24.2 Å². The first-order chi connectivity index (χ1) is 14.9. The van der Waals surface area contributed by atoms with Gasteiger partial charge in [-0.2, -0.15) is 0 Å². The summed E-state index contributed by atoms with van der Waals surface area (Å²) >= 11 is 0. The summed E-state index contributed by atoms with van der Waals surface area (Å²) in [5, 5.41) is 14.1. The van der Waals surface area contributed by atoms with Crippen molar-refractivity contribution in [2.24, 2.45) is 5.92 Å². The van der Waals surface area contributed by atoms with Crippen LogP contribution in [-0.2, 0) is 14.3 Å². The molecule has 7 nitrogen and oxygen atoms in total. The van der Waals surface area contributed by atoms with Gasteiger partial charge in [0.25, 0.3) is 0 Å². The average Bonchev–Trinajstić information content (AvgIpc) is 3.08. The summed E-state index contributed by atoms with van der Waals surface area (Å²) in [6.07, 6.45) is -0.0340. The first kappa shape index (κ1) is 22.3. The number of amides is 2. The third kappa shape index (κ3) is 5.42. The van der Waals surface area contributed by atoms with Crippen molar-refractivity contribution in [2.45, 2.75) is 38.6 Å². The normalized spacial score (nSPS) is 14.1. The molecule has 2 unspecified atom stereocenters.